The number of aromatic nitrogens is 2. The molecule has 0 aliphatic heterocycles. The van der Waals surface area contributed by atoms with Crippen molar-refractivity contribution in [3.05, 3.63) is 42.1 Å². The lowest BCUT2D eigenvalue weighted by molar-refractivity contribution is -0.121. The van der Waals surface area contributed by atoms with Gasteiger partial charge in [0.1, 0.15) is 5.82 Å². The molecule has 0 radical (unpaired) electrons. The van der Waals surface area contributed by atoms with Crippen molar-refractivity contribution in [1.29, 1.82) is 0 Å². The second kappa shape index (κ2) is 8.95. The summed E-state index contributed by atoms with van der Waals surface area (Å²) in [7, 11) is 1.89. The number of hydrogen-bond donors (Lipinski definition) is 3. The fourth-order valence-electron chi connectivity index (χ4n) is 2.36. The third-order valence-electron chi connectivity index (χ3n) is 3.55. The number of aryl methyl sites for hydroxylation is 1. The predicted octanol–water partition coefficient (Wildman–Crippen LogP) is 1.50. The van der Waals surface area contributed by atoms with Crippen LogP contribution in [0.5, 0.6) is 0 Å². The van der Waals surface area contributed by atoms with Crippen LogP contribution in [0.4, 0.5) is 5.82 Å². The van der Waals surface area contributed by atoms with Crippen LogP contribution in [0.3, 0.4) is 0 Å². The van der Waals surface area contributed by atoms with Gasteiger partial charge in [-0.25, -0.2) is 4.68 Å². The quantitative estimate of drug-likeness (QED) is 0.612. The van der Waals surface area contributed by atoms with Crippen molar-refractivity contribution in [1.82, 2.24) is 20.4 Å². The molecule has 124 valence electrons. The lowest BCUT2D eigenvalue weighted by atomic mass is 10.2. The Labute approximate surface area is 137 Å². The number of nitrogens with two attached hydrogens (primary N) is 1. The minimum absolute atomic E-state index is 0.106. The molecule has 0 bridgehead atoms. The third kappa shape index (κ3) is 5.41. The molecular formula is C17H25N5O. The molecule has 1 heterocycles. The highest BCUT2D eigenvalue weighted by Gasteiger charge is 2.07. The molecular weight excluding hydrogens is 290 g/mol. The molecule has 23 heavy (non-hydrogen) atoms. The molecule has 6 heteroatoms. The second-order valence-corrected chi connectivity index (χ2v) is 5.47. The van der Waals surface area contributed by atoms with Gasteiger partial charge < -0.3 is 16.4 Å². The van der Waals surface area contributed by atoms with Gasteiger partial charge in [-0.3, -0.25) is 4.79 Å². The number of rotatable bonds is 9. The van der Waals surface area contributed by atoms with Crippen molar-refractivity contribution in [3.8, 4) is 5.69 Å². The molecule has 0 fully saturated rings. The number of nitrogen functional groups attached to an aromatic ring is 1. The second-order valence-electron chi connectivity index (χ2n) is 5.47. The van der Waals surface area contributed by atoms with E-state index < -0.39 is 0 Å². The Kier molecular flexibility index (Phi) is 6.62. The molecule has 0 saturated heterocycles. The number of carbonyl (C=O) groups is 1. The number of amides is 1. The molecule has 0 aliphatic rings. The summed E-state index contributed by atoms with van der Waals surface area (Å²) in [6, 6.07) is 11.7. The van der Waals surface area contributed by atoms with Gasteiger partial charge in [-0.15, -0.1) is 0 Å². The standard InChI is InChI=1S/C17H25N5O/c1-19-11-6-10-17(23)20-12-5-7-14-13-16(18)22(21-14)15-8-3-2-4-9-15/h2-4,8-9,13,19H,5-7,10-12,18H2,1H3,(H,20,23). The lowest BCUT2D eigenvalue weighted by Gasteiger charge is -2.04. The molecule has 0 saturated carbocycles. The maximum absolute atomic E-state index is 11.6. The van der Waals surface area contributed by atoms with Gasteiger partial charge in [0.15, 0.2) is 0 Å². The van der Waals surface area contributed by atoms with E-state index in [4.69, 9.17) is 5.73 Å². The van der Waals surface area contributed by atoms with Crippen LogP contribution in [0, 0.1) is 0 Å². The van der Waals surface area contributed by atoms with Crippen LogP contribution in [0.1, 0.15) is 25.0 Å². The Morgan fingerprint density at radius 2 is 2.00 bits per heavy atom. The van der Waals surface area contributed by atoms with Gasteiger partial charge in [-0.2, -0.15) is 5.10 Å². The van der Waals surface area contributed by atoms with E-state index in [1.54, 1.807) is 4.68 Å². The van der Waals surface area contributed by atoms with Crippen LogP contribution in [-0.4, -0.2) is 35.8 Å². The number of anilines is 1. The summed E-state index contributed by atoms with van der Waals surface area (Å²) in [5.41, 5.74) is 7.91. The monoisotopic (exact) mass is 315 g/mol. The number of benzene rings is 1. The molecule has 2 aromatic rings. The molecule has 0 aliphatic carbocycles. The van der Waals surface area contributed by atoms with Crippen molar-refractivity contribution >= 4 is 11.7 Å². The van der Waals surface area contributed by atoms with Crippen LogP contribution in [0.25, 0.3) is 5.69 Å². The summed E-state index contributed by atoms with van der Waals surface area (Å²) in [6.45, 7) is 1.53. The Bertz CT molecular complexity index is 609. The van der Waals surface area contributed by atoms with Crippen LogP contribution in [-0.2, 0) is 11.2 Å². The normalized spacial score (nSPS) is 10.7. The van der Waals surface area contributed by atoms with Gasteiger partial charge in [0, 0.05) is 19.0 Å². The maximum atomic E-state index is 11.6. The Morgan fingerprint density at radius 3 is 2.74 bits per heavy atom. The van der Waals surface area contributed by atoms with E-state index in [-0.39, 0.29) is 5.91 Å². The first-order valence-electron chi connectivity index (χ1n) is 8.02. The van der Waals surface area contributed by atoms with Gasteiger partial charge in [0.05, 0.1) is 11.4 Å². The van der Waals surface area contributed by atoms with E-state index in [0.29, 0.717) is 18.8 Å². The summed E-state index contributed by atoms with van der Waals surface area (Å²) >= 11 is 0. The van der Waals surface area contributed by atoms with Gasteiger partial charge >= 0.3 is 0 Å². The van der Waals surface area contributed by atoms with Crippen molar-refractivity contribution in [2.45, 2.75) is 25.7 Å². The zero-order chi connectivity index (χ0) is 16.5. The Balaban J connectivity index is 1.76. The van der Waals surface area contributed by atoms with Gasteiger partial charge in [0.2, 0.25) is 5.91 Å². The van der Waals surface area contributed by atoms with E-state index >= 15 is 0 Å². The minimum atomic E-state index is 0.106. The first-order valence-corrected chi connectivity index (χ1v) is 8.02. The molecule has 1 aromatic carbocycles. The van der Waals surface area contributed by atoms with Gasteiger partial charge in [-0.05, 0) is 45.0 Å². The van der Waals surface area contributed by atoms with E-state index in [2.05, 4.69) is 15.7 Å². The number of hydrogen-bond acceptors (Lipinski definition) is 4. The number of carbonyl (C=O) groups excluding carboxylic acids is 1. The van der Waals surface area contributed by atoms with Gasteiger partial charge in [-0.1, -0.05) is 18.2 Å². The molecule has 0 unspecified atom stereocenters. The van der Waals surface area contributed by atoms with Crippen molar-refractivity contribution in [2.75, 3.05) is 25.9 Å². The minimum Gasteiger partial charge on any atom is -0.384 e. The third-order valence-corrected chi connectivity index (χ3v) is 3.55. The zero-order valence-electron chi connectivity index (χ0n) is 13.6. The number of para-hydroxylation sites is 1. The molecule has 4 N–H and O–H groups in total. The molecule has 6 nitrogen and oxygen atoms in total. The smallest absolute Gasteiger partial charge is 0.220 e. The van der Waals surface area contributed by atoms with Crippen molar-refractivity contribution in [2.24, 2.45) is 0 Å². The van der Waals surface area contributed by atoms with Crippen molar-refractivity contribution in [3.63, 3.8) is 0 Å². The van der Waals surface area contributed by atoms with E-state index in [9.17, 15) is 4.79 Å². The van der Waals surface area contributed by atoms with Crippen LogP contribution in [0.15, 0.2) is 36.4 Å². The fourth-order valence-corrected chi connectivity index (χ4v) is 2.36. The molecule has 1 amide bonds. The summed E-state index contributed by atoms with van der Waals surface area (Å²) in [5.74, 6) is 0.733. The van der Waals surface area contributed by atoms with E-state index in [1.807, 2.05) is 43.4 Å². The average Bonchev–Trinajstić information content (AvgIpc) is 2.93. The SMILES string of the molecule is CNCCCC(=O)NCCCc1cc(N)n(-c2ccccc2)n1. The lowest BCUT2D eigenvalue weighted by Crippen LogP contribution is -2.25. The largest absolute Gasteiger partial charge is 0.384 e. The molecule has 2 rings (SSSR count). The highest BCUT2D eigenvalue weighted by molar-refractivity contribution is 5.75. The highest BCUT2D eigenvalue weighted by atomic mass is 16.1. The average molecular weight is 315 g/mol. The molecule has 1 aromatic heterocycles. The van der Waals surface area contributed by atoms with E-state index in [1.165, 1.54) is 0 Å². The van der Waals surface area contributed by atoms with Crippen molar-refractivity contribution < 1.29 is 4.79 Å². The molecule has 0 atom stereocenters. The molecule has 0 spiro atoms. The topological polar surface area (TPSA) is 85.0 Å². The number of nitrogens with zero attached hydrogens (tertiary/aromatic N) is 2. The first-order chi connectivity index (χ1) is 11.2. The Hall–Kier alpha value is -2.34. The highest BCUT2D eigenvalue weighted by Crippen LogP contribution is 2.14. The van der Waals surface area contributed by atoms with Crippen LogP contribution in [0.2, 0.25) is 0 Å². The summed E-state index contributed by atoms with van der Waals surface area (Å²) in [5, 5.41) is 10.5. The Morgan fingerprint density at radius 1 is 1.22 bits per heavy atom. The summed E-state index contributed by atoms with van der Waals surface area (Å²) in [4.78, 5) is 11.6. The fraction of sp³-hybridized carbons (Fsp3) is 0.412. The van der Waals surface area contributed by atoms with Crippen LogP contribution >= 0.6 is 0 Å². The van der Waals surface area contributed by atoms with Crippen LogP contribution < -0.4 is 16.4 Å². The van der Waals surface area contributed by atoms with E-state index in [0.717, 1.165) is 37.2 Å². The number of nitrogens with one attached hydrogen (secondary N) is 2. The maximum Gasteiger partial charge on any atom is 0.220 e. The zero-order valence-corrected chi connectivity index (χ0v) is 13.6. The summed E-state index contributed by atoms with van der Waals surface area (Å²) in [6.07, 6.45) is 3.07. The first kappa shape index (κ1) is 17.0. The summed E-state index contributed by atoms with van der Waals surface area (Å²) < 4.78 is 1.74. The van der Waals surface area contributed by atoms with Gasteiger partial charge in [0.25, 0.3) is 0 Å². The predicted molar refractivity (Wildman–Crippen MR) is 92.5 cm³/mol.